The second-order valence-electron chi connectivity index (χ2n) is 12.7. The second-order valence-corrected chi connectivity index (χ2v) is 12.7. The topological polar surface area (TPSA) is 74.6 Å². The van der Waals surface area contributed by atoms with Gasteiger partial charge in [0.1, 0.15) is 0 Å². The molecule has 6 rings (SSSR count). The Balaban J connectivity index is 1.63. The molecule has 0 radical (unpaired) electrons. The third-order valence-electron chi connectivity index (χ3n) is 9.75. The van der Waals surface area contributed by atoms with E-state index in [1.165, 1.54) is 22.3 Å². The van der Waals surface area contributed by atoms with Gasteiger partial charge in [0.25, 0.3) is 0 Å². The standard InChI is InChI=1S/C37H36O4/c1-35(2,33(38)39)27-13-17-29(18-14-27)37(31-11-9-23-5-7-25(23)21-31,32-12-10-24-6-8-26(24)22-32)30-19-15-28(16-20-30)36(3,4)34(40)41/h9-22H,5-8H2,1-4H3,(H,38,39)(H,40,41). The molecule has 4 nitrogen and oxygen atoms in total. The van der Waals surface area contributed by atoms with E-state index < -0.39 is 28.2 Å². The number of fused-ring (bicyclic) bond motifs is 2. The van der Waals surface area contributed by atoms with Crippen LogP contribution in [0.4, 0.5) is 0 Å². The van der Waals surface area contributed by atoms with E-state index in [0.717, 1.165) is 59.1 Å². The van der Waals surface area contributed by atoms with Crippen LogP contribution in [0.3, 0.4) is 0 Å². The average molecular weight is 545 g/mol. The lowest BCUT2D eigenvalue weighted by Crippen LogP contribution is -2.34. The highest BCUT2D eigenvalue weighted by atomic mass is 16.4. The number of aryl methyl sites for hydroxylation is 4. The van der Waals surface area contributed by atoms with E-state index in [1.807, 2.05) is 24.3 Å². The van der Waals surface area contributed by atoms with Gasteiger partial charge >= 0.3 is 11.9 Å². The molecule has 0 saturated heterocycles. The minimum atomic E-state index is -1.02. The predicted molar refractivity (Wildman–Crippen MR) is 161 cm³/mol. The first kappa shape index (κ1) is 27.0. The predicted octanol–water partition coefficient (Wildman–Crippen LogP) is 6.99. The van der Waals surface area contributed by atoms with Gasteiger partial charge in [-0.25, -0.2) is 0 Å². The molecule has 0 unspecified atom stereocenters. The van der Waals surface area contributed by atoms with Crippen LogP contribution in [0.1, 0.15) is 83.3 Å². The Morgan fingerprint density at radius 1 is 0.463 bits per heavy atom. The zero-order valence-electron chi connectivity index (χ0n) is 24.1. The van der Waals surface area contributed by atoms with Gasteiger partial charge in [0.05, 0.1) is 16.2 Å². The highest BCUT2D eigenvalue weighted by molar-refractivity contribution is 5.81. The molecule has 0 fully saturated rings. The Labute approximate surface area is 241 Å². The Bertz CT molecular complexity index is 1550. The lowest BCUT2D eigenvalue weighted by atomic mass is 9.62. The second kappa shape index (κ2) is 9.44. The summed E-state index contributed by atoms with van der Waals surface area (Å²) in [6.45, 7) is 6.92. The molecular weight excluding hydrogens is 508 g/mol. The number of carbonyl (C=O) groups is 2. The SMILES string of the molecule is CC(C)(C(=O)O)c1ccc(C(c2ccc(C(C)(C)C(=O)O)cc2)(c2ccc3c(c2)CC3)c2ccc3c(c2)CC3)cc1. The van der Waals surface area contributed by atoms with E-state index >= 15 is 0 Å². The van der Waals surface area contributed by atoms with Gasteiger partial charge in [-0.3, -0.25) is 9.59 Å². The first-order valence-corrected chi connectivity index (χ1v) is 14.4. The van der Waals surface area contributed by atoms with Gasteiger partial charge in [-0.15, -0.1) is 0 Å². The zero-order chi connectivity index (χ0) is 29.2. The van der Waals surface area contributed by atoms with Crippen LogP contribution < -0.4 is 0 Å². The van der Waals surface area contributed by atoms with Gasteiger partial charge in [0, 0.05) is 0 Å². The highest BCUT2D eigenvalue weighted by Crippen LogP contribution is 2.48. The van der Waals surface area contributed by atoms with Crippen LogP contribution in [0.2, 0.25) is 0 Å². The summed E-state index contributed by atoms with van der Waals surface area (Å²) in [5.41, 5.74) is 8.69. The van der Waals surface area contributed by atoms with Gasteiger partial charge in [0.15, 0.2) is 0 Å². The molecule has 0 bridgehead atoms. The third kappa shape index (κ3) is 4.11. The molecule has 2 aliphatic carbocycles. The van der Waals surface area contributed by atoms with Gasteiger partial charge < -0.3 is 10.2 Å². The smallest absolute Gasteiger partial charge is 0.313 e. The number of aliphatic carboxylic acids is 2. The molecule has 0 spiro atoms. The van der Waals surface area contributed by atoms with Crippen molar-refractivity contribution in [1.29, 1.82) is 0 Å². The van der Waals surface area contributed by atoms with E-state index in [9.17, 15) is 19.8 Å². The maximum absolute atomic E-state index is 12.0. The minimum Gasteiger partial charge on any atom is -0.481 e. The van der Waals surface area contributed by atoms with E-state index in [4.69, 9.17) is 0 Å². The molecule has 4 aromatic rings. The van der Waals surface area contributed by atoms with Crippen molar-refractivity contribution in [3.8, 4) is 0 Å². The van der Waals surface area contributed by atoms with Crippen LogP contribution >= 0.6 is 0 Å². The minimum absolute atomic E-state index is 0.674. The fraction of sp³-hybridized carbons (Fsp3) is 0.297. The molecule has 0 aromatic heterocycles. The van der Waals surface area contributed by atoms with Crippen LogP contribution in [0, 0.1) is 0 Å². The van der Waals surface area contributed by atoms with Gasteiger partial charge in [-0.05, 0) is 109 Å². The van der Waals surface area contributed by atoms with Crippen LogP contribution in [-0.2, 0) is 51.5 Å². The van der Waals surface area contributed by atoms with Gasteiger partial charge in [-0.2, -0.15) is 0 Å². The maximum Gasteiger partial charge on any atom is 0.313 e. The molecule has 0 heterocycles. The Hall–Kier alpha value is -4.18. The molecule has 4 aromatic carbocycles. The van der Waals surface area contributed by atoms with Crippen molar-refractivity contribution in [3.63, 3.8) is 0 Å². The first-order valence-electron chi connectivity index (χ1n) is 14.4. The van der Waals surface area contributed by atoms with Crippen molar-refractivity contribution >= 4 is 11.9 Å². The molecule has 2 aliphatic rings. The molecule has 208 valence electrons. The number of carboxylic acids is 2. The summed E-state index contributed by atoms with van der Waals surface area (Å²) in [5, 5.41) is 19.7. The fourth-order valence-corrected chi connectivity index (χ4v) is 6.38. The third-order valence-corrected chi connectivity index (χ3v) is 9.75. The zero-order valence-corrected chi connectivity index (χ0v) is 24.1. The van der Waals surface area contributed by atoms with Crippen LogP contribution in [-0.4, -0.2) is 22.2 Å². The molecular formula is C37H36O4. The number of hydrogen-bond donors (Lipinski definition) is 2. The summed E-state index contributed by atoms with van der Waals surface area (Å²) in [6, 6.07) is 29.7. The van der Waals surface area contributed by atoms with E-state index in [2.05, 4.69) is 60.7 Å². The average Bonchev–Trinajstić information content (AvgIpc) is 2.92. The fourth-order valence-electron chi connectivity index (χ4n) is 6.38. The quantitative estimate of drug-likeness (QED) is 0.235. The summed E-state index contributed by atoms with van der Waals surface area (Å²) in [5.74, 6) is -1.73. The number of hydrogen-bond acceptors (Lipinski definition) is 2. The highest BCUT2D eigenvalue weighted by Gasteiger charge is 2.41. The number of benzene rings is 4. The summed E-state index contributed by atoms with van der Waals surface area (Å²) in [4.78, 5) is 24.1. The molecule has 0 saturated carbocycles. The van der Waals surface area contributed by atoms with Gasteiger partial charge in [-0.1, -0.05) is 84.9 Å². The lowest BCUT2D eigenvalue weighted by molar-refractivity contribution is -0.143. The summed E-state index contributed by atoms with van der Waals surface area (Å²) in [7, 11) is 0. The lowest BCUT2D eigenvalue weighted by Gasteiger charge is -2.39. The Morgan fingerprint density at radius 2 is 0.756 bits per heavy atom. The van der Waals surface area contributed by atoms with E-state index in [1.54, 1.807) is 27.7 Å². The monoisotopic (exact) mass is 544 g/mol. The van der Waals surface area contributed by atoms with Crippen LogP contribution in [0.25, 0.3) is 0 Å². The normalized spacial score (nSPS) is 14.3. The van der Waals surface area contributed by atoms with Crippen LogP contribution in [0.5, 0.6) is 0 Å². The molecule has 41 heavy (non-hydrogen) atoms. The number of carboxylic acid groups (broad SMARTS) is 2. The summed E-state index contributed by atoms with van der Waals surface area (Å²) in [6.07, 6.45) is 4.31. The van der Waals surface area contributed by atoms with Crippen molar-refractivity contribution in [1.82, 2.24) is 0 Å². The number of rotatable bonds is 8. The molecule has 0 amide bonds. The van der Waals surface area contributed by atoms with Crippen LogP contribution in [0.15, 0.2) is 84.9 Å². The van der Waals surface area contributed by atoms with Crippen molar-refractivity contribution in [2.75, 3.05) is 0 Å². The first-order chi connectivity index (χ1) is 19.5. The molecule has 0 atom stereocenters. The molecule has 2 N–H and O–H groups in total. The van der Waals surface area contributed by atoms with Crippen molar-refractivity contribution in [2.45, 2.75) is 69.6 Å². The van der Waals surface area contributed by atoms with Crippen molar-refractivity contribution < 1.29 is 19.8 Å². The molecule has 0 aliphatic heterocycles. The largest absolute Gasteiger partial charge is 0.481 e. The van der Waals surface area contributed by atoms with E-state index in [0.29, 0.717) is 0 Å². The Morgan fingerprint density at radius 3 is 1.02 bits per heavy atom. The van der Waals surface area contributed by atoms with Crippen molar-refractivity contribution in [2.24, 2.45) is 0 Å². The van der Waals surface area contributed by atoms with E-state index in [-0.39, 0.29) is 0 Å². The van der Waals surface area contributed by atoms with Crippen molar-refractivity contribution in [3.05, 3.63) is 141 Å². The Kier molecular flexibility index (Phi) is 6.22. The van der Waals surface area contributed by atoms with Gasteiger partial charge in [0.2, 0.25) is 0 Å². The maximum atomic E-state index is 12.0. The summed E-state index contributed by atoms with van der Waals surface area (Å²) < 4.78 is 0. The summed E-state index contributed by atoms with van der Waals surface area (Å²) >= 11 is 0. The molecule has 4 heteroatoms.